The van der Waals surface area contributed by atoms with Crippen LogP contribution < -0.4 is 5.32 Å². The van der Waals surface area contributed by atoms with Gasteiger partial charge in [-0.2, -0.15) is 0 Å². The number of hydrogen-bond donors (Lipinski definition) is 1. The highest BCUT2D eigenvalue weighted by Gasteiger charge is 2.26. The standard InChI is InChI=1S/C26H32FN3O/c1-5-6-18(2)29-20(4)25-12-9-23(17-28-25)26(31)30-15-13-22(14-16-30)19(3)21-7-10-24(27)11-8-21/h7-12,17-18,22,29H,3-6,13-16H2,1-2H3. The fraction of sp³-hybridized carbons (Fsp3) is 0.385. The molecule has 0 bridgehead atoms. The van der Waals surface area contributed by atoms with Gasteiger partial charge < -0.3 is 10.2 Å². The maximum Gasteiger partial charge on any atom is 0.255 e. The van der Waals surface area contributed by atoms with Crippen molar-refractivity contribution in [3.63, 3.8) is 0 Å². The Balaban J connectivity index is 1.55. The first-order valence-corrected chi connectivity index (χ1v) is 11.0. The van der Waals surface area contributed by atoms with Gasteiger partial charge in [0.25, 0.3) is 5.91 Å². The Kier molecular flexibility index (Phi) is 7.61. The smallest absolute Gasteiger partial charge is 0.255 e. The Bertz CT molecular complexity index is 913. The molecule has 3 rings (SSSR count). The molecule has 1 aliphatic heterocycles. The fourth-order valence-corrected chi connectivity index (χ4v) is 4.09. The SMILES string of the molecule is C=C(NC(C)CCC)c1ccc(C(=O)N2CCC(C(=C)c3ccc(F)cc3)CC2)cn1. The molecule has 2 aromatic rings. The highest BCUT2D eigenvalue weighted by Crippen LogP contribution is 2.31. The number of rotatable bonds is 8. The molecule has 1 saturated heterocycles. The van der Waals surface area contributed by atoms with Crippen LogP contribution in [0.5, 0.6) is 0 Å². The predicted octanol–water partition coefficient (Wildman–Crippen LogP) is 5.54. The van der Waals surface area contributed by atoms with Crippen LogP contribution in [0.2, 0.25) is 0 Å². The van der Waals surface area contributed by atoms with Crippen LogP contribution in [0.15, 0.2) is 55.8 Å². The number of hydrogen-bond acceptors (Lipinski definition) is 3. The van der Waals surface area contributed by atoms with Crippen molar-refractivity contribution >= 4 is 17.2 Å². The number of pyridine rings is 1. The van der Waals surface area contributed by atoms with E-state index in [-0.39, 0.29) is 11.7 Å². The van der Waals surface area contributed by atoms with Crippen molar-refractivity contribution in [3.8, 4) is 0 Å². The minimum Gasteiger partial charge on any atom is -0.381 e. The number of carbonyl (C=O) groups is 1. The number of carbonyl (C=O) groups excluding carboxylic acids is 1. The average molecular weight is 422 g/mol. The van der Waals surface area contributed by atoms with Crippen LogP contribution in [-0.4, -0.2) is 34.9 Å². The summed E-state index contributed by atoms with van der Waals surface area (Å²) in [7, 11) is 0. The summed E-state index contributed by atoms with van der Waals surface area (Å²) in [6, 6.07) is 10.5. The van der Waals surface area contributed by atoms with E-state index in [9.17, 15) is 9.18 Å². The Labute approximate surface area is 184 Å². The third-order valence-corrected chi connectivity index (χ3v) is 5.95. The molecule has 1 unspecified atom stereocenters. The average Bonchev–Trinajstić information content (AvgIpc) is 2.79. The van der Waals surface area contributed by atoms with Crippen LogP contribution in [0, 0.1) is 11.7 Å². The van der Waals surface area contributed by atoms with Gasteiger partial charge in [-0.25, -0.2) is 4.39 Å². The van der Waals surface area contributed by atoms with Crippen molar-refractivity contribution < 1.29 is 9.18 Å². The first-order valence-electron chi connectivity index (χ1n) is 11.0. The minimum absolute atomic E-state index is 0.00261. The van der Waals surface area contributed by atoms with E-state index in [0.717, 1.165) is 48.2 Å². The number of likely N-dealkylation sites (tertiary alicyclic amines) is 1. The van der Waals surface area contributed by atoms with E-state index >= 15 is 0 Å². The molecular weight excluding hydrogens is 389 g/mol. The number of piperidine rings is 1. The molecule has 1 amide bonds. The molecule has 1 atom stereocenters. The fourth-order valence-electron chi connectivity index (χ4n) is 4.09. The molecule has 0 spiro atoms. The zero-order valence-electron chi connectivity index (χ0n) is 18.5. The summed E-state index contributed by atoms with van der Waals surface area (Å²) in [4.78, 5) is 19.2. The molecule has 2 heterocycles. The molecule has 1 aliphatic rings. The molecule has 1 aromatic carbocycles. The van der Waals surface area contributed by atoms with Crippen molar-refractivity contribution in [1.29, 1.82) is 0 Å². The zero-order valence-corrected chi connectivity index (χ0v) is 18.5. The van der Waals surface area contributed by atoms with Gasteiger partial charge >= 0.3 is 0 Å². The number of amides is 1. The van der Waals surface area contributed by atoms with Gasteiger partial charge in [-0.15, -0.1) is 0 Å². The maximum atomic E-state index is 13.2. The van der Waals surface area contributed by atoms with Gasteiger partial charge in [-0.1, -0.05) is 38.6 Å². The summed E-state index contributed by atoms with van der Waals surface area (Å²) in [5.74, 6) is 0.0590. The van der Waals surface area contributed by atoms with Crippen molar-refractivity contribution in [2.75, 3.05) is 13.1 Å². The highest BCUT2D eigenvalue weighted by molar-refractivity contribution is 5.94. The number of nitrogens with one attached hydrogen (secondary N) is 1. The van der Waals surface area contributed by atoms with Crippen LogP contribution in [0.1, 0.15) is 61.1 Å². The first-order chi connectivity index (χ1) is 14.9. The van der Waals surface area contributed by atoms with Crippen molar-refractivity contribution in [2.45, 2.75) is 45.6 Å². The molecular formula is C26H32FN3O. The van der Waals surface area contributed by atoms with Gasteiger partial charge in [0.05, 0.1) is 17.0 Å². The number of benzene rings is 1. The van der Waals surface area contributed by atoms with E-state index in [4.69, 9.17) is 0 Å². The molecule has 0 saturated carbocycles. The van der Waals surface area contributed by atoms with Crippen LogP contribution in [-0.2, 0) is 0 Å². The molecule has 0 aliphatic carbocycles. The minimum atomic E-state index is -0.244. The normalized spacial score (nSPS) is 15.4. The lowest BCUT2D eigenvalue weighted by Gasteiger charge is -2.33. The molecule has 164 valence electrons. The van der Waals surface area contributed by atoms with E-state index in [2.05, 4.69) is 37.3 Å². The highest BCUT2D eigenvalue weighted by atomic mass is 19.1. The molecule has 31 heavy (non-hydrogen) atoms. The van der Waals surface area contributed by atoms with Crippen LogP contribution >= 0.6 is 0 Å². The van der Waals surface area contributed by atoms with Crippen LogP contribution in [0.4, 0.5) is 4.39 Å². The summed E-state index contributed by atoms with van der Waals surface area (Å²) in [5.41, 5.74) is 4.11. The van der Waals surface area contributed by atoms with Gasteiger partial charge in [0.2, 0.25) is 0 Å². The second kappa shape index (κ2) is 10.4. The Morgan fingerprint density at radius 3 is 2.39 bits per heavy atom. The van der Waals surface area contributed by atoms with Gasteiger partial charge in [0.15, 0.2) is 0 Å². The van der Waals surface area contributed by atoms with E-state index in [1.807, 2.05) is 17.0 Å². The number of aromatic nitrogens is 1. The second-order valence-corrected chi connectivity index (χ2v) is 8.34. The molecule has 1 N–H and O–H groups in total. The van der Waals surface area contributed by atoms with E-state index in [0.29, 0.717) is 30.6 Å². The first kappa shape index (κ1) is 22.7. The van der Waals surface area contributed by atoms with Gasteiger partial charge in [-0.3, -0.25) is 9.78 Å². The third kappa shape index (κ3) is 5.81. The molecule has 1 aromatic heterocycles. The third-order valence-electron chi connectivity index (χ3n) is 5.95. The Morgan fingerprint density at radius 2 is 1.81 bits per heavy atom. The lowest BCUT2D eigenvalue weighted by Crippen LogP contribution is -2.38. The van der Waals surface area contributed by atoms with Crippen LogP contribution in [0.3, 0.4) is 0 Å². The van der Waals surface area contributed by atoms with Gasteiger partial charge in [0.1, 0.15) is 5.82 Å². The van der Waals surface area contributed by atoms with Gasteiger partial charge in [0, 0.05) is 25.3 Å². The molecule has 1 fully saturated rings. The Hall–Kier alpha value is -2.95. The quantitative estimate of drug-likeness (QED) is 0.609. The topological polar surface area (TPSA) is 45.2 Å². The lowest BCUT2D eigenvalue weighted by atomic mass is 9.86. The van der Waals surface area contributed by atoms with Crippen molar-refractivity contribution in [2.24, 2.45) is 5.92 Å². The lowest BCUT2D eigenvalue weighted by molar-refractivity contribution is 0.0707. The zero-order chi connectivity index (χ0) is 22.4. The summed E-state index contributed by atoms with van der Waals surface area (Å²) in [5, 5.41) is 3.36. The number of nitrogens with zero attached hydrogens (tertiary/aromatic N) is 2. The van der Waals surface area contributed by atoms with E-state index in [1.165, 1.54) is 12.1 Å². The summed E-state index contributed by atoms with van der Waals surface area (Å²) in [6.45, 7) is 13.9. The summed E-state index contributed by atoms with van der Waals surface area (Å²) >= 11 is 0. The second-order valence-electron chi connectivity index (χ2n) is 8.34. The van der Waals surface area contributed by atoms with Crippen molar-refractivity contribution in [1.82, 2.24) is 15.2 Å². The maximum absolute atomic E-state index is 13.2. The number of allylic oxidation sites excluding steroid dienone is 1. The monoisotopic (exact) mass is 421 g/mol. The summed E-state index contributed by atoms with van der Waals surface area (Å²) in [6.07, 6.45) is 5.51. The summed E-state index contributed by atoms with van der Waals surface area (Å²) < 4.78 is 13.2. The molecule has 4 nitrogen and oxygen atoms in total. The number of halogens is 1. The van der Waals surface area contributed by atoms with Crippen LogP contribution in [0.25, 0.3) is 11.3 Å². The van der Waals surface area contributed by atoms with E-state index in [1.54, 1.807) is 18.3 Å². The van der Waals surface area contributed by atoms with Crippen molar-refractivity contribution in [3.05, 3.63) is 78.4 Å². The van der Waals surface area contributed by atoms with E-state index < -0.39 is 0 Å². The predicted molar refractivity (Wildman–Crippen MR) is 125 cm³/mol. The van der Waals surface area contributed by atoms with Gasteiger partial charge in [-0.05, 0) is 67.5 Å². The molecule has 5 heteroatoms. The Morgan fingerprint density at radius 1 is 1.16 bits per heavy atom. The largest absolute Gasteiger partial charge is 0.381 e. The molecule has 0 radical (unpaired) electrons.